The Kier molecular flexibility index (Phi) is 5.57. The number of nitrogens with zero attached hydrogens (tertiary/aromatic N) is 3. The van der Waals surface area contributed by atoms with Crippen molar-refractivity contribution in [1.82, 2.24) is 14.4 Å². The van der Waals surface area contributed by atoms with Crippen LogP contribution in [0.25, 0.3) is 11.1 Å². The van der Waals surface area contributed by atoms with Gasteiger partial charge in [0, 0.05) is 55.9 Å². The maximum atomic E-state index is 14.5. The summed E-state index contributed by atoms with van der Waals surface area (Å²) in [6.45, 7) is 2.79. The van der Waals surface area contributed by atoms with Gasteiger partial charge in [-0.25, -0.2) is 4.39 Å². The second-order valence-corrected chi connectivity index (χ2v) is 10.5. The molecular weight excluding hydrogens is 433 g/mol. The maximum absolute atomic E-state index is 14.5. The van der Waals surface area contributed by atoms with Crippen LogP contribution >= 0.6 is 0 Å². The summed E-state index contributed by atoms with van der Waals surface area (Å²) in [5.74, 6) is 0.0912. The Morgan fingerprint density at radius 3 is 2.50 bits per heavy atom. The van der Waals surface area contributed by atoms with E-state index in [0.717, 1.165) is 44.6 Å². The number of amides is 1. The number of aliphatic hydroxyl groups excluding tert-OH is 1. The van der Waals surface area contributed by atoms with Gasteiger partial charge < -0.3 is 14.6 Å². The molecule has 2 saturated heterocycles. The first kappa shape index (κ1) is 22.0. The number of benzene rings is 1. The molecule has 34 heavy (non-hydrogen) atoms. The molecule has 7 heteroatoms. The Hall–Kier alpha value is -2.51. The summed E-state index contributed by atoms with van der Waals surface area (Å²) in [5, 5.41) is 10.5. The molecule has 3 aliphatic heterocycles. The Bertz CT molecular complexity index is 1150. The van der Waals surface area contributed by atoms with E-state index >= 15 is 0 Å². The predicted octanol–water partition coefficient (Wildman–Crippen LogP) is 3.04. The largest absolute Gasteiger partial charge is 0.396 e. The molecule has 4 aliphatic rings. The second kappa shape index (κ2) is 8.61. The molecular formula is C27H32FN3O3. The van der Waals surface area contributed by atoms with Gasteiger partial charge >= 0.3 is 0 Å². The molecule has 6 rings (SSSR count). The van der Waals surface area contributed by atoms with E-state index in [-0.39, 0.29) is 42.0 Å². The van der Waals surface area contributed by atoms with Crippen molar-refractivity contribution in [2.75, 3.05) is 26.2 Å². The van der Waals surface area contributed by atoms with Crippen LogP contribution in [-0.2, 0) is 11.3 Å². The molecule has 1 saturated carbocycles. The molecule has 1 aromatic heterocycles. The van der Waals surface area contributed by atoms with Crippen LogP contribution < -0.4 is 5.56 Å². The highest BCUT2D eigenvalue weighted by molar-refractivity contribution is 5.83. The van der Waals surface area contributed by atoms with Gasteiger partial charge in [0.2, 0.25) is 5.91 Å². The highest BCUT2D eigenvalue weighted by Gasteiger charge is 2.56. The average molecular weight is 466 g/mol. The standard InChI is InChI=1S/C27H32FN3O3/c28-22-7-3-2-6-18(22)19-10-11-23-24-20(15-30(23)26(19)33)21(16-32)25(31(24)14-17-8-9-17)27(34)29-12-4-1-5-13-29/h2-3,6-7,10-11,17,20-21,24-25,32H,1,4-5,8-9,12-16H2/t20-,21-,24+,25-/m1/s1. The topological polar surface area (TPSA) is 65.8 Å². The minimum absolute atomic E-state index is 0.00828. The summed E-state index contributed by atoms with van der Waals surface area (Å²) in [7, 11) is 0. The fraction of sp³-hybridized carbons (Fsp3) is 0.556. The molecule has 0 bridgehead atoms. The maximum Gasteiger partial charge on any atom is 0.258 e. The number of aliphatic hydroxyl groups is 1. The first-order chi connectivity index (χ1) is 16.6. The average Bonchev–Trinajstić information content (AvgIpc) is 3.52. The number of pyridine rings is 1. The normalized spacial score (nSPS) is 28.7. The molecule has 0 radical (unpaired) electrons. The van der Waals surface area contributed by atoms with Crippen LogP contribution in [-0.4, -0.2) is 57.7 Å². The first-order valence-corrected chi connectivity index (χ1v) is 12.7. The number of fused-ring (bicyclic) bond motifs is 3. The van der Waals surface area contributed by atoms with Crippen LogP contribution in [0.3, 0.4) is 0 Å². The zero-order chi connectivity index (χ0) is 23.4. The van der Waals surface area contributed by atoms with Gasteiger partial charge in [-0.3, -0.25) is 14.5 Å². The zero-order valence-electron chi connectivity index (χ0n) is 19.4. The van der Waals surface area contributed by atoms with Crippen molar-refractivity contribution in [2.45, 2.75) is 50.7 Å². The van der Waals surface area contributed by atoms with Crippen molar-refractivity contribution < 1.29 is 14.3 Å². The molecule has 1 amide bonds. The molecule has 1 N–H and O–H groups in total. The van der Waals surface area contributed by atoms with Crippen molar-refractivity contribution >= 4 is 5.91 Å². The molecule has 4 heterocycles. The summed E-state index contributed by atoms with van der Waals surface area (Å²) in [4.78, 5) is 31.5. The lowest BCUT2D eigenvalue weighted by atomic mass is 9.88. The van der Waals surface area contributed by atoms with E-state index in [1.807, 2.05) is 11.0 Å². The Balaban J connectivity index is 1.39. The first-order valence-electron chi connectivity index (χ1n) is 12.7. The van der Waals surface area contributed by atoms with Crippen molar-refractivity contribution in [3.8, 4) is 11.1 Å². The van der Waals surface area contributed by atoms with E-state index in [0.29, 0.717) is 23.6 Å². The quantitative estimate of drug-likeness (QED) is 0.737. The number of likely N-dealkylation sites (tertiary alicyclic amines) is 2. The summed E-state index contributed by atoms with van der Waals surface area (Å²) >= 11 is 0. The van der Waals surface area contributed by atoms with Crippen molar-refractivity contribution in [2.24, 2.45) is 17.8 Å². The van der Waals surface area contributed by atoms with Crippen LogP contribution in [0.15, 0.2) is 41.2 Å². The van der Waals surface area contributed by atoms with E-state index < -0.39 is 5.82 Å². The highest BCUT2D eigenvalue weighted by atomic mass is 19.1. The van der Waals surface area contributed by atoms with Gasteiger partial charge in [-0.1, -0.05) is 18.2 Å². The van der Waals surface area contributed by atoms with E-state index in [1.54, 1.807) is 28.8 Å². The molecule has 1 aromatic carbocycles. The molecule has 0 unspecified atom stereocenters. The fourth-order valence-electron chi connectivity index (χ4n) is 6.58. The van der Waals surface area contributed by atoms with Gasteiger partial charge in [0.1, 0.15) is 5.82 Å². The predicted molar refractivity (Wildman–Crippen MR) is 127 cm³/mol. The van der Waals surface area contributed by atoms with E-state index in [4.69, 9.17) is 0 Å². The van der Waals surface area contributed by atoms with E-state index in [2.05, 4.69) is 4.90 Å². The van der Waals surface area contributed by atoms with Crippen LogP contribution in [0.2, 0.25) is 0 Å². The summed E-state index contributed by atoms with van der Waals surface area (Å²) < 4.78 is 16.2. The van der Waals surface area contributed by atoms with Gasteiger partial charge in [-0.2, -0.15) is 0 Å². The van der Waals surface area contributed by atoms with Crippen LogP contribution in [0.4, 0.5) is 4.39 Å². The lowest BCUT2D eigenvalue weighted by Gasteiger charge is -2.36. The van der Waals surface area contributed by atoms with Gasteiger partial charge in [-0.05, 0) is 56.2 Å². The monoisotopic (exact) mass is 465 g/mol. The second-order valence-electron chi connectivity index (χ2n) is 10.5. The lowest BCUT2D eigenvalue weighted by molar-refractivity contribution is -0.139. The van der Waals surface area contributed by atoms with Crippen molar-refractivity contribution in [3.63, 3.8) is 0 Å². The molecule has 0 spiro atoms. The minimum atomic E-state index is -0.408. The van der Waals surface area contributed by atoms with Crippen LogP contribution in [0.1, 0.15) is 43.8 Å². The van der Waals surface area contributed by atoms with Crippen molar-refractivity contribution in [3.05, 3.63) is 58.3 Å². The Morgan fingerprint density at radius 1 is 1.03 bits per heavy atom. The van der Waals surface area contributed by atoms with Gasteiger partial charge in [0.15, 0.2) is 0 Å². The third-order valence-electron chi connectivity index (χ3n) is 8.44. The summed E-state index contributed by atoms with van der Waals surface area (Å²) in [6, 6.07) is 9.63. The number of rotatable bonds is 5. The third kappa shape index (κ3) is 3.52. The van der Waals surface area contributed by atoms with E-state index in [1.165, 1.54) is 18.9 Å². The Labute approximate surface area is 199 Å². The minimum Gasteiger partial charge on any atom is -0.396 e. The number of carbonyl (C=O) groups excluding carboxylic acids is 1. The van der Waals surface area contributed by atoms with Gasteiger partial charge in [0.05, 0.1) is 17.6 Å². The van der Waals surface area contributed by atoms with Crippen molar-refractivity contribution in [1.29, 1.82) is 0 Å². The van der Waals surface area contributed by atoms with Gasteiger partial charge in [0.25, 0.3) is 5.56 Å². The number of halogens is 1. The summed E-state index contributed by atoms with van der Waals surface area (Å²) in [6.07, 6.45) is 5.57. The van der Waals surface area contributed by atoms with Crippen LogP contribution in [0.5, 0.6) is 0 Å². The number of hydrogen-bond acceptors (Lipinski definition) is 4. The number of piperidine rings is 1. The molecule has 6 nitrogen and oxygen atoms in total. The molecule has 4 atom stereocenters. The van der Waals surface area contributed by atoms with Gasteiger partial charge in [-0.15, -0.1) is 0 Å². The Morgan fingerprint density at radius 2 is 1.79 bits per heavy atom. The number of carbonyl (C=O) groups is 1. The highest BCUT2D eigenvalue weighted by Crippen LogP contribution is 2.51. The number of hydrogen-bond donors (Lipinski definition) is 1. The lowest BCUT2D eigenvalue weighted by Crippen LogP contribution is -2.51. The summed E-state index contributed by atoms with van der Waals surface area (Å²) in [5.41, 5.74) is 1.37. The SMILES string of the molecule is O=C([C@H]1[C@H](CO)[C@H]2Cn3c(ccc(-c4ccccc4F)c3=O)[C@H]2N1CC1CC1)N1CCCCC1. The third-order valence-corrected chi connectivity index (χ3v) is 8.44. The van der Waals surface area contributed by atoms with E-state index in [9.17, 15) is 19.1 Å². The number of aromatic nitrogens is 1. The molecule has 1 aliphatic carbocycles. The molecule has 2 aromatic rings. The van der Waals surface area contributed by atoms with Crippen LogP contribution in [0, 0.1) is 23.6 Å². The molecule has 3 fully saturated rings. The zero-order valence-corrected chi connectivity index (χ0v) is 19.4. The smallest absolute Gasteiger partial charge is 0.258 e. The fourth-order valence-corrected chi connectivity index (χ4v) is 6.58. The molecule has 180 valence electrons.